The highest BCUT2D eigenvalue weighted by Gasteiger charge is 2.23. The highest BCUT2D eigenvalue weighted by molar-refractivity contribution is 6.01. The van der Waals surface area contributed by atoms with E-state index in [9.17, 15) is 19.2 Å². The summed E-state index contributed by atoms with van der Waals surface area (Å²) in [6, 6.07) is 18.7. The van der Waals surface area contributed by atoms with Crippen LogP contribution in [0.15, 0.2) is 66.7 Å². The van der Waals surface area contributed by atoms with Gasteiger partial charge in [0.2, 0.25) is 5.91 Å². The van der Waals surface area contributed by atoms with Crippen molar-refractivity contribution in [2.75, 3.05) is 42.7 Å². The summed E-state index contributed by atoms with van der Waals surface area (Å²) < 4.78 is 5.48. The van der Waals surface area contributed by atoms with Gasteiger partial charge in [-0.25, -0.2) is 9.59 Å². The second-order valence-corrected chi connectivity index (χ2v) is 10.5. The van der Waals surface area contributed by atoms with E-state index in [1.807, 2.05) is 36.1 Å². The van der Waals surface area contributed by atoms with E-state index >= 15 is 0 Å². The summed E-state index contributed by atoms with van der Waals surface area (Å²) in [7, 11) is 1.52. The van der Waals surface area contributed by atoms with Crippen LogP contribution in [0.5, 0.6) is 5.75 Å². The first-order valence-electron chi connectivity index (χ1n) is 14.1. The summed E-state index contributed by atoms with van der Waals surface area (Å²) in [4.78, 5) is 50.5. The number of piperidine rings is 1. The predicted octanol–water partition coefficient (Wildman–Crippen LogP) is 4.88. The molecule has 5 amide bonds. The van der Waals surface area contributed by atoms with Crippen LogP contribution >= 0.6 is 0 Å². The lowest BCUT2D eigenvalue weighted by Crippen LogP contribution is -2.42. The molecule has 0 radical (unpaired) electrons. The van der Waals surface area contributed by atoms with Gasteiger partial charge in [-0.05, 0) is 72.7 Å². The molecule has 0 aliphatic carbocycles. The molecule has 5 N–H and O–H groups in total. The Balaban J connectivity index is 1.20. The first-order valence-corrected chi connectivity index (χ1v) is 14.1. The summed E-state index contributed by atoms with van der Waals surface area (Å²) in [5.41, 5.74) is 4.18. The first kappa shape index (κ1) is 30.9. The van der Waals surface area contributed by atoms with Gasteiger partial charge in [-0.3, -0.25) is 9.59 Å². The number of hydrogen-bond acceptors (Lipinski definition) is 5. The number of amides is 5. The lowest BCUT2D eigenvalue weighted by Gasteiger charge is -2.32. The van der Waals surface area contributed by atoms with E-state index < -0.39 is 12.0 Å². The first-order chi connectivity index (χ1) is 20.7. The molecule has 0 atom stereocenters. The minimum absolute atomic E-state index is 0.00977. The average Bonchev–Trinajstić information content (AvgIpc) is 2.99. The molecule has 4 rings (SSSR count). The van der Waals surface area contributed by atoms with Crippen molar-refractivity contribution in [2.45, 2.75) is 32.6 Å². The number of carbonyl (C=O) groups is 4. The Bertz CT molecular complexity index is 1450. The fourth-order valence-electron chi connectivity index (χ4n) is 4.90. The zero-order chi connectivity index (χ0) is 30.8. The number of anilines is 3. The van der Waals surface area contributed by atoms with Gasteiger partial charge in [0.15, 0.2) is 0 Å². The fraction of sp³-hybridized carbons (Fsp3) is 0.312. The standard InChI is InChI=1S/C32H37N5O6/c1-21-5-3-4-6-26(21)35-32(42)36-27-12-9-24(17-28(27)43-2)18-29(38)37-15-13-23(14-16-37)20-33-31(41)34-25-10-7-22(8-11-25)19-30(39)40/h3-12,17,23H,13-16,18-20H2,1-2H3,(H,39,40)(H2,33,34,41)(H2,35,36,42). The number of urea groups is 2. The molecule has 1 aliphatic rings. The minimum atomic E-state index is -0.907. The number of rotatable bonds is 10. The smallest absolute Gasteiger partial charge is 0.323 e. The SMILES string of the molecule is COc1cc(CC(=O)N2CCC(CNC(=O)Nc3ccc(CC(=O)O)cc3)CC2)ccc1NC(=O)Nc1ccccc1C. The molecule has 0 saturated carbocycles. The maximum Gasteiger partial charge on any atom is 0.323 e. The van der Waals surface area contributed by atoms with Crippen LogP contribution in [0.4, 0.5) is 26.7 Å². The number of carboxylic acid groups (broad SMARTS) is 1. The normalized spacial score (nSPS) is 13.1. The van der Waals surface area contributed by atoms with E-state index in [1.54, 1.807) is 42.5 Å². The molecule has 1 heterocycles. The average molecular weight is 588 g/mol. The maximum absolute atomic E-state index is 13.0. The molecule has 11 nitrogen and oxygen atoms in total. The Hall–Kier alpha value is -5.06. The zero-order valence-corrected chi connectivity index (χ0v) is 24.3. The van der Waals surface area contributed by atoms with Crippen LogP contribution in [-0.2, 0) is 22.4 Å². The van der Waals surface area contributed by atoms with Crippen LogP contribution in [-0.4, -0.2) is 60.7 Å². The molecule has 3 aromatic carbocycles. The predicted molar refractivity (Wildman–Crippen MR) is 165 cm³/mol. The Morgan fingerprint density at radius 2 is 1.51 bits per heavy atom. The molecule has 0 aromatic heterocycles. The number of nitrogens with one attached hydrogen (secondary N) is 4. The van der Waals surface area contributed by atoms with Crippen molar-refractivity contribution < 1.29 is 29.0 Å². The molecule has 1 fully saturated rings. The second kappa shape index (κ2) is 14.7. The highest BCUT2D eigenvalue weighted by atomic mass is 16.5. The monoisotopic (exact) mass is 587 g/mol. The van der Waals surface area contributed by atoms with Gasteiger partial charge in [-0.2, -0.15) is 0 Å². The van der Waals surface area contributed by atoms with Gasteiger partial charge in [0.1, 0.15) is 5.75 Å². The number of likely N-dealkylation sites (tertiary alicyclic amines) is 1. The molecule has 3 aromatic rings. The van der Waals surface area contributed by atoms with Crippen molar-refractivity contribution in [2.24, 2.45) is 5.92 Å². The van der Waals surface area contributed by atoms with Gasteiger partial charge in [0.25, 0.3) is 0 Å². The van der Waals surface area contributed by atoms with E-state index in [0.29, 0.717) is 48.0 Å². The summed E-state index contributed by atoms with van der Waals surface area (Å²) in [6.45, 7) is 3.62. The summed E-state index contributed by atoms with van der Waals surface area (Å²) >= 11 is 0. The van der Waals surface area contributed by atoms with Crippen LogP contribution in [0.25, 0.3) is 0 Å². The van der Waals surface area contributed by atoms with Gasteiger partial charge in [-0.15, -0.1) is 0 Å². The molecule has 1 aliphatic heterocycles. The second-order valence-electron chi connectivity index (χ2n) is 10.5. The minimum Gasteiger partial charge on any atom is -0.495 e. The van der Waals surface area contributed by atoms with Gasteiger partial charge >= 0.3 is 18.0 Å². The Morgan fingerprint density at radius 1 is 0.837 bits per heavy atom. The molecular weight excluding hydrogens is 550 g/mol. The number of carboxylic acids is 1. The molecule has 1 saturated heterocycles. The number of benzene rings is 3. The highest BCUT2D eigenvalue weighted by Crippen LogP contribution is 2.27. The third kappa shape index (κ3) is 9.22. The largest absolute Gasteiger partial charge is 0.495 e. The maximum atomic E-state index is 13.0. The Labute approximate surface area is 250 Å². The van der Waals surface area contributed by atoms with E-state index in [0.717, 1.165) is 24.0 Å². The van der Waals surface area contributed by atoms with Crippen molar-refractivity contribution >= 4 is 41.0 Å². The lowest BCUT2D eigenvalue weighted by molar-refractivity contribution is -0.136. The molecular formula is C32H37N5O6. The van der Waals surface area contributed by atoms with E-state index in [2.05, 4.69) is 21.3 Å². The molecule has 0 bridgehead atoms. The third-order valence-electron chi connectivity index (χ3n) is 7.35. The molecule has 43 heavy (non-hydrogen) atoms. The van der Waals surface area contributed by atoms with Gasteiger partial charge in [0, 0.05) is 31.0 Å². The van der Waals surface area contributed by atoms with Gasteiger partial charge in [-0.1, -0.05) is 36.4 Å². The number of ether oxygens (including phenoxy) is 1. The van der Waals surface area contributed by atoms with Crippen molar-refractivity contribution in [1.29, 1.82) is 0 Å². The zero-order valence-electron chi connectivity index (χ0n) is 24.3. The van der Waals surface area contributed by atoms with Gasteiger partial charge < -0.3 is 36.0 Å². The van der Waals surface area contributed by atoms with Crippen LogP contribution < -0.4 is 26.0 Å². The van der Waals surface area contributed by atoms with Crippen LogP contribution in [0.3, 0.4) is 0 Å². The van der Waals surface area contributed by atoms with Crippen LogP contribution in [0.2, 0.25) is 0 Å². The van der Waals surface area contributed by atoms with Crippen molar-refractivity contribution in [1.82, 2.24) is 10.2 Å². The van der Waals surface area contributed by atoms with Crippen LogP contribution in [0.1, 0.15) is 29.5 Å². The summed E-state index contributed by atoms with van der Waals surface area (Å²) in [5.74, 6) is -0.181. The number of aliphatic carboxylic acids is 1. The van der Waals surface area contributed by atoms with Crippen molar-refractivity contribution in [3.63, 3.8) is 0 Å². The summed E-state index contributed by atoms with van der Waals surface area (Å²) in [6.07, 6.45) is 1.69. The number of carbonyl (C=O) groups excluding carboxylic acids is 3. The van der Waals surface area contributed by atoms with Crippen molar-refractivity contribution in [3.05, 3.63) is 83.4 Å². The Kier molecular flexibility index (Phi) is 10.6. The van der Waals surface area contributed by atoms with E-state index in [4.69, 9.17) is 9.84 Å². The van der Waals surface area contributed by atoms with Gasteiger partial charge in [0.05, 0.1) is 25.6 Å². The van der Waals surface area contributed by atoms with E-state index in [1.165, 1.54) is 7.11 Å². The van der Waals surface area contributed by atoms with Crippen LogP contribution in [0, 0.1) is 12.8 Å². The molecule has 226 valence electrons. The number of hydrogen-bond donors (Lipinski definition) is 5. The van der Waals surface area contributed by atoms with E-state index in [-0.39, 0.29) is 30.7 Å². The topological polar surface area (TPSA) is 149 Å². The molecule has 0 unspecified atom stereocenters. The number of methoxy groups -OCH3 is 1. The quantitative estimate of drug-likeness (QED) is 0.228. The lowest BCUT2D eigenvalue weighted by atomic mass is 9.96. The molecule has 0 spiro atoms. The number of aryl methyl sites for hydroxylation is 1. The Morgan fingerprint density at radius 3 is 2.19 bits per heavy atom. The fourth-order valence-corrected chi connectivity index (χ4v) is 4.90. The van der Waals surface area contributed by atoms with Crippen molar-refractivity contribution in [3.8, 4) is 5.75 Å². The summed E-state index contributed by atoms with van der Waals surface area (Å²) in [5, 5.41) is 20.1. The third-order valence-corrected chi connectivity index (χ3v) is 7.35. The number of nitrogens with zero attached hydrogens (tertiary/aromatic N) is 1. The number of para-hydroxylation sites is 1. The molecule has 11 heteroatoms.